The van der Waals surface area contributed by atoms with Crippen LogP contribution in [0.1, 0.15) is 42.2 Å². The molecule has 21 heavy (non-hydrogen) atoms. The van der Waals surface area contributed by atoms with Crippen molar-refractivity contribution in [3.63, 3.8) is 0 Å². The van der Waals surface area contributed by atoms with Gasteiger partial charge in [0.15, 0.2) is 6.10 Å². The fourth-order valence-electron chi connectivity index (χ4n) is 2.87. The molecule has 1 aliphatic heterocycles. The van der Waals surface area contributed by atoms with Gasteiger partial charge in [-0.1, -0.05) is 43.3 Å². The molecule has 1 aliphatic rings. The van der Waals surface area contributed by atoms with Crippen LogP contribution >= 0.6 is 11.8 Å². The summed E-state index contributed by atoms with van der Waals surface area (Å²) < 4.78 is 5.71. The van der Waals surface area contributed by atoms with Crippen LogP contribution in [0.4, 0.5) is 0 Å². The number of aryl methyl sites for hydroxylation is 1. The Kier molecular flexibility index (Phi) is 4.02. The molecule has 0 N–H and O–H groups in total. The number of carbonyl (C=O) groups excluding carboxylic acids is 1. The Morgan fingerprint density at radius 1 is 1.24 bits per heavy atom. The van der Waals surface area contributed by atoms with E-state index < -0.39 is 0 Å². The van der Waals surface area contributed by atoms with Crippen LogP contribution in [-0.2, 0) is 21.7 Å². The largest absolute Gasteiger partial charge is 0.453 e. The van der Waals surface area contributed by atoms with Crippen molar-refractivity contribution in [2.75, 3.05) is 0 Å². The summed E-state index contributed by atoms with van der Waals surface area (Å²) >= 11 is 1.81. The highest BCUT2D eigenvalue weighted by atomic mass is 32.2. The van der Waals surface area contributed by atoms with E-state index in [-0.39, 0.29) is 12.1 Å². The highest BCUT2D eigenvalue weighted by Crippen LogP contribution is 2.42. The average Bonchev–Trinajstić information content (AvgIpc) is 2.65. The molecule has 2 aromatic rings. The first kappa shape index (κ1) is 14.2. The van der Waals surface area contributed by atoms with Crippen LogP contribution in [0, 0.1) is 0 Å². The van der Waals surface area contributed by atoms with E-state index in [1.165, 1.54) is 28.5 Å². The van der Waals surface area contributed by atoms with Crippen molar-refractivity contribution < 1.29 is 9.53 Å². The molecular formula is C18H18O2S. The molecule has 0 fully saturated rings. The van der Waals surface area contributed by atoms with E-state index in [4.69, 9.17) is 4.74 Å². The lowest BCUT2D eigenvalue weighted by atomic mass is 9.91. The van der Waals surface area contributed by atoms with E-state index >= 15 is 0 Å². The SMILES string of the molecule is CCc1cccc2c1C(OC(C)=O)c1ccccc1SC2. The maximum absolute atomic E-state index is 11.6. The molecule has 1 unspecified atom stereocenters. The second-order valence-electron chi connectivity index (χ2n) is 5.16. The zero-order valence-electron chi connectivity index (χ0n) is 12.3. The van der Waals surface area contributed by atoms with Crippen LogP contribution in [-0.4, -0.2) is 5.97 Å². The summed E-state index contributed by atoms with van der Waals surface area (Å²) in [6.07, 6.45) is 0.646. The molecule has 0 saturated heterocycles. The highest BCUT2D eigenvalue weighted by Gasteiger charge is 2.28. The minimum absolute atomic E-state index is 0.237. The van der Waals surface area contributed by atoms with Crippen LogP contribution in [0.3, 0.4) is 0 Å². The predicted molar refractivity (Wildman–Crippen MR) is 85.4 cm³/mol. The zero-order valence-corrected chi connectivity index (χ0v) is 13.1. The van der Waals surface area contributed by atoms with Gasteiger partial charge in [-0.15, -0.1) is 11.8 Å². The van der Waals surface area contributed by atoms with Crippen molar-refractivity contribution in [1.82, 2.24) is 0 Å². The maximum atomic E-state index is 11.6. The molecule has 0 aromatic heterocycles. The molecule has 2 aromatic carbocycles. The number of esters is 1. The highest BCUT2D eigenvalue weighted by molar-refractivity contribution is 7.98. The van der Waals surface area contributed by atoms with E-state index in [0.717, 1.165) is 17.7 Å². The van der Waals surface area contributed by atoms with E-state index in [9.17, 15) is 4.79 Å². The summed E-state index contributed by atoms with van der Waals surface area (Å²) in [5.41, 5.74) is 4.79. The van der Waals surface area contributed by atoms with Crippen LogP contribution in [0.15, 0.2) is 47.4 Å². The molecule has 108 valence electrons. The van der Waals surface area contributed by atoms with Crippen LogP contribution in [0.5, 0.6) is 0 Å². The van der Waals surface area contributed by atoms with Crippen molar-refractivity contribution in [3.8, 4) is 0 Å². The molecule has 0 spiro atoms. The Bertz CT molecular complexity index is 679. The topological polar surface area (TPSA) is 26.3 Å². The smallest absolute Gasteiger partial charge is 0.303 e. The van der Waals surface area contributed by atoms with Crippen molar-refractivity contribution >= 4 is 17.7 Å². The zero-order chi connectivity index (χ0) is 14.8. The third kappa shape index (κ3) is 2.70. The van der Waals surface area contributed by atoms with E-state index in [0.29, 0.717) is 0 Å². The van der Waals surface area contributed by atoms with E-state index in [2.05, 4.69) is 37.3 Å². The van der Waals surface area contributed by atoms with Gasteiger partial charge in [0.1, 0.15) is 0 Å². The van der Waals surface area contributed by atoms with Gasteiger partial charge in [-0.25, -0.2) is 0 Å². The Labute approximate surface area is 129 Å². The van der Waals surface area contributed by atoms with Gasteiger partial charge in [0.25, 0.3) is 0 Å². The summed E-state index contributed by atoms with van der Waals surface area (Å²) in [4.78, 5) is 12.8. The number of ether oxygens (including phenoxy) is 1. The molecule has 2 nitrogen and oxygen atoms in total. The number of fused-ring (bicyclic) bond motifs is 2. The molecule has 0 amide bonds. The molecule has 0 saturated carbocycles. The monoisotopic (exact) mass is 298 g/mol. The quantitative estimate of drug-likeness (QED) is 0.763. The number of hydrogen-bond donors (Lipinski definition) is 0. The molecule has 3 heteroatoms. The second kappa shape index (κ2) is 5.94. The third-order valence-corrected chi connectivity index (χ3v) is 4.94. The van der Waals surface area contributed by atoms with Crippen molar-refractivity contribution in [2.45, 2.75) is 37.0 Å². The standard InChI is InChI=1S/C18H18O2S/c1-3-13-7-6-8-14-11-21-16-10-5-4-9-15(16)18(17(13)14)20-12(2)19/h4-10,18H,3,11H2,1-2H3. The number of carbonyl (C=O) groups is 1. The van der Waals surface area contributed by atoms with Gasteiger partial charge in [0, 0.05) is 28.7 Å². The number of thioether (sulfide) groups is 1. The minimum atomic E-state index is -0.292. The van der Waals surface area contributed by atoms with Gasteiger partial charge in [0.2, 0.25) is 0 Å². The molecule has 0 bridgehead atoms. The minimum Gasteiger partial charge on any atom is -0.453 e. The van der Waals surface area contributed by atoms with Gasteiger partial charge in [-0.2, -0.15) is 0 Å². The number of benzene rings is 2. The average molecular weight is 298 g/mol. The summed E-state index contributed by atoms with van der Waals surface area (Å²) in [6, 6.07) is 14.6. The summed E-state index contributed by atoms with van der Waals surface area (Å²) in [7, 11) is 0. The van der Waals surface area contributed by atoms with Gasteiger partial charge >= 0.3 is 5.97 Å². The van der Waals surface area contributed by atoms with Gasteiger partial charge < -0.3 is 4.74 Å². The molecule has 0 radical (unpaired) electrons. The first-order valence-corrected chi connectivity index (χ1v) is 8.19. The lowest BCUT2D eigenvalue weighted by Crippen LogP contribution is -2.13. The maximum Gasteiger partial charge on any atom is 0.303 e. The second-order valence-corrected chi connectivity index (χ2v) is 6.18. The summed E-state index contributed by atoms with van der Waals surface area (Å²) in [5, 5.41) is 0. The van der Waals surface area contributed by atoms with E-state index in [1.54, 1.807) is 0 Å². The predicted octanol–water partition coefficient (Wildman–Crippen LogP) is 4.51. The first-order valence-electron chi connectivity index (χ1n) is 7.20. The van der Waals surface area contributed by atoms with Crippen LogP contribution < -0.4 is 0 Å². The number of rotatable bonds is 2. The van der Waals surface area contributed by atoms with Crippen LogP contribution in [0.2, 0.25) is 0 Å². The van der Waals surface area contributed by atoms with Gasteiger partial charge in [0.05, 0.1) is 0 Å². The van der Waals surface area contributed by atoms with Gasteiger partial charge in [-0.05, 0) is 23.6 Å². The normalized spacial score (nSPS) is 16.6. The van der Waals surface area contributed by atoms with Gasteiger partial charge in [-0.3, -0.25) is 4.79 Å². The summed E-state index contributed by atoms with van der Waals surface area (Å²) in [6.45, 7) is 3.62. The Hall–Kier alpha value is -1.74. The molecule has 3 rings (SSSR count). The fraction of sp³-hybridized carbons (Fsp3) is 0.278. The third-order valence-electron chi connectivity index (χ3n) is 3.80. The molecular weight excluding hydrogens is 280 g/mol. The molecule has 1 heterocycles. The van der Waals surface area contributed by atoms with Crippen LogP contribution in [0.25, 0.3) is 0 Å². The lowest BCUT2D eigenvalue weighted by molar-refractivity contribution is -0.144. The Morgan fingerprint density at radius 2 is 2.05 bits per heavy atom. The fourth-order valence-corrected chi connectivity index (χ4v) is 3.94. The lowest BCUT2D eigenvalue weighted by Gasteiger charge is -2.22. The number of hydrogen-bond acceptors (Lipinski definition) is 3. The Balaban J connectivity index is 2.22. The van der Waals surface area contributed by atoms with E-state index in [1.807, 2.05) is 23.9 Å². The van der Waals surface area contributed by atoms with Crippen molar-refractivity contribution in [3.05, 3.63) is 64.7 Å². The molecule has 1 atom stereocenters. The first-order chi connectivity index (χ1) is 10.2. The van der Waals surface area contributed by atoms with Crippen molar-refractivity contribution in [1.29, 1.82) is 0 Å². The molecule has 0 aliphatic carbocycles. The Morgan fingerprint density at radius 3 is 2.81 bits per heavy atom. The summed E-state index contributed by atoms with van der Waals surface area (Å²) in [5.74, 6) is 0.677. The van der Waals surface area contributed by atoms with Crippen molar-refractivity contribution in [2.24, 2.45) is 0 Å².